The summed E-state index contributed by atoms with van der Waals surface area (Å²) in [5.74, 6) is -0.300. The number of ether oxygens (including phenoxy) is 1. The molecule has 0 spiro atoms. The highest BCUT2D eigenvalue weighted by atomic mass is 127. The maximum atomic E-state index is 14.0. The van der Waals surface area contributed by atoms with Crippen molar-refractivity contribution >= 4 is 29.9 Å². The SMILES string of the molecule is CCN=C(NC1CCN(CCCOC)CC1)NC1CC1c1c(F)cccc1F.I. The molecule has 1 heterocycles. The van der Waals surface area contributed by atoms with Gasteiger partial charge < -0.3 is 20.3 Å². The summed E-state index contributed by atoms with van der Waals surface area (Å²) in [5.41, 5.74) is 0.195. The molecule has 1 aromatic carbocycles. The van der Waals surface area contributed by atoms with Gasteiger partial charge in [-0.1, -0.05) is 6.07 Å². The number of likely N-dealkylation sites (tertiary alicyclic amines) is 1. The molecule has 0 aromatic heterocycles. The predicted octanol–water partition coefficient (Wildman–Crippen LogP) is 3.49. The molecule has 2 aliphatic rings. The van der Waals surface area contributed by atoms with E-state index in [4.69, 9.17) is 4.74 Å². The second-order valence-corrected chi connectivity index (χ2v) is 7.66. The van der Waals surface area contributed by atoms with E-state index in [0.717, 1.165) is 57.9 Å². The Kier molecular flexibility index (Phi) is 10.0. The maximum absolute atomic E-state index is 14.0. The summed E-state index contributed by atoms with van der Waals surface area (Å²) in [6, 6.07) is 4.46. The summed E-state index contributed by atoms with van der Waals surface area (Å²) < 4.78 is 33.1. The van der Waals surface area contributed by atoms with Crippen LogP contribution in [-0.2, 0) is 4.74 Å². The van der Waals surface area contributed by atoms with Crippen LogP contribution >= 0.6 is 24.0 Å². The van der Waals surface area contributed by atoms with Crippen LogP contribution in [0, 0.1) is 11.6 Å². The largest absolute Gasteiger partial charge is 0.385 e. The minimum absolute atomic E-state index is 0. The monoisotopic (exact) mass is 522 g/mol. The van der Waals surface area contributed by atoms with Gasteiger partial charge in [0.1, 0.15) is 11.6 Å². The van der Waals surface area contributed by atoms with Gasteiger partial charge in [-0.15, -0.1) is 24.0 Å². The Morgan fingerprint density at radius 2 is 1.90 bits per heavy atom. The first-order valence-electron chi connectivity index (χ1n) is 10.3. The summed E-state index contributed by atoms with van der Waals surface area (Å²) in [6.45, 7) is 6.66. The Hall–Kier alpha value is -1.000. The van der Waals surface area contributed by atoms with E-state index >= 15 is 0 Å². The van der Waals surface area contributed by atoms with Crippen LogP contribution in [0.15, 0.2) is 23.2 Å². The molecule has 29 heavy (non-hydrogen) atoms. The average molecular weight is 522 g/mol. The van der Waals surface area contributed by atoms with E-state index in [1.54, 1.807) is 7.11 Å². The van der Waals surface area contributed by atoms with Crippen LogP contribution in [0.2, 0.25) is 0 Å². The standard InChI is InChI=1S/C21H32F2N4O.HI/c1-3-24-21(25-15-8-11-27(12-9-15)10-5-13-28-2)26-19-14-16(19)20-17(22)6-4-7-18(20)23;/h4,6-7,15-16,19H,3,5,8-14H2,1-2H3,(H2,24,25,26);1H. The van der Waals surface area contributed by atoms with Crippen LogP contribution in [-0.4, -0.2) is 62.8 Å². The Morgan fingerprint density at radius 1 is 1.21 bits per heavy atom. The molecule has 1 saturated heterocycles. The van der Waals surface area contributed by atoms with E-state index in [0.29, 0.717) is 12.6 Å². The Balaban J connectivity index is 0.00000300. The summed E-state index contributed by atoms with van der Waals surface area (Å²) in [4.78, 5) is 7.00. The molecule has 1 saturated carbocycles. The molecule has 1 aromatic rings. The smallest absolute Gasteiger partial charge is 0.191 e. The third-order valence-corrected chi connectivity index (χ3v) is 5.55. The number of hydrogen-bond donors (Lipinski definition) is 2. The summed E-state index contributed by atoms with van der Waals surface area (Å²) >= 11 is 0. The normalized spacial score (nSPS) is 22.8. The number of nitrogens with zero attached hydrogens (tertiary/aromatic N) is 2. The zero-order chi connectivity index (χ0) is 19.9. The lowest BCUT2D eigenvalue weighted by molar-refractivity contribution is 0.155. The first kappa shape index (κ1) is 24.3. The third-order valence-electron chi connectivity index (χ3n) is 5.55. The molecular weight excluding hydrogens is 489 g/mol. The minimum Gasteiger partial charge on any atom is -0.385 e. The molecule has 3 rings (SSSR count). The van der Waals surface area contributed by atoms with Gasteiger partial charge in [-0.25, -0.2) is 8.78 Å². The predicted molar refractivity (Wildman–Crippen MR) is 123 cm³/mol. The van der Waals surface area contributed by atoms with E-state index in [-0.39, 0.29) is 41.5 Å². The molecule has 2 fully saturated rings. The van der Waals surface area contributed by atoms with Crippen molar-refractivity contribution in [2.24, 2.45) is 4.99 Å². The van der Waals surface area contributed by atoms with Crippen LogP contribution in [0.25, 0.3) is 0 Å². The van der Waals surface area contributed by atoms with Crippen LogP contribution in [0.5, 0.6) is 0 Å². The zero-order valence-corrected chi connectivity index (χ0v) is 19.6. The Morgan fingerprint density at radius 3 is 2.52 bits per heavy atom. The van der Waals surface area contributed by atoms with Gasteiger partial charge in [0.25, 0.3) is 0 Å². The second-order valence-electron chi connectivity index (χ2n) is 7.66. The van der Waals surface area contributed by atoms with Crippen LogP contribution in [0.4, 0.5) is 8.78 Å². The topological polar surface area (TPSA) is 48.9 Å². The molecule has 1 aliphatic heterocycles. The van der Waals surface area contributed by atoms with E-state index in [1.165, 1.54) is 18.2 Å². The van der Waals surface area contributed by atoms with Gasteiger partial charge in [-0.2, -0.15) is 0 Å². The Bertz CT molecular complexity index is 648. The van der Waals surface area contributed by atoms with Gasteiger partial charge in [0.05, 0.1) is 0 Å². The molecular formula is C21H33F2IN4O. The number of nitrogens with one attached hydrogen (secondary N) is 2. The summed E-state index contributed by atoms with van der Waals surface area (Å²) in [5, 5.41) is 6.89. The van der Waals surface area contributed by atoms with Crippen molar-refractivity contribution in [2.75, 3.05) is 39.9 Å². The van der Waals surface area contributed by atoms with Crippen molar-refractivity contribution in [3.63, 3.8) is 0 Å². The van der Waals surface area contributed by atoms with Crippen LogP contribution in [0.3, 0.4) is 0 Å². The first-order chi connectivity index (χ1) is 13.6. The highest BCUT2D eigenvalue weighted by molar-refractivity contribution is 14.0. The second kappa shape index (κ2) is 12.0. The van der Waals surface area contributed by atoms with Gasteiger partial charge in [0.2, 0.25) is 0 Å². The van der Waals surface area contributed by atoms with Gasteiger partial charge in [-0.05, 0) is 44.7 Å². The fourth-order valence-corrected chi connectivity index (χ4v) is 3.93. The van der Waals surface area contributed by atoms with Crippen molar-refractivity contribution in [3.05, 3.63) is 35.4 Å². The number of piperidine rings is 1. The fourth-order valence-electron chi connectivity index (χ4n) is 3.93. The number of methoxy groups -OCH3 is 1. The van der Waals surface area contributed by atoms with Crippen molar-refractivity contribution in [1.29, 1.82) is 0 Å². The van der Waals surface area contributed by atoms with Gasteiger partial charge in [-0.3, -0.25) is 4.99 Å². The molecule has 5 nitrogen and oxygen atoms in total. The number of benzene rings is 1. The minimum atomic E-state index is -0.461. The van der Waals surface area contributed by atoms with Gasteiger partial charge in [0, 0.05) is 63.5 Å². The number of halogens is 3. The number of hydrogen-bond acceptors (Lipinski definition) is 3. The number of aliphatic imine (C=N–C) groups is 1. The van der Waals surface area contributed by atoms with E-state index < -0.39 is 11.6 Å². The molecule has 0 amide bonds. The van der Waals surface area contributed by atoms with E-state index in [9.17, 15) is 8.78 Å². The molecule has 0 bridgehead atoms. The van der Waals surface area contributed by atoms with Crippen LogP contribution in [0.1, 0.15) is 44.1 Å². The lowest BCUT2D eigenvalue weighted by Crippen LogP contribution is -2.49. The molecule has 2 atom stereocenters. The molecule has 164 valence electrons. The van der Waals surface area contributed by atoms with Crippen molar-refractivity contribution in [3.8, 4) is 0 Å². The molecule has 2 N–H and O–H groups in total. The lowest BCUT2D eigenvalue weighted by atomic mass is 10.1. The van der Waals surface area contributed by atoms with Crippen molar-refractivity contribution in [2.45, 2.75) is 50.6 Å². The van der Waals surface area contributed by atoms with Gasteiger partial charge in [0.15, 0.2) is 5.96 Å². The summed E-state index contributed by atoms with van der Waals surface area (Å²) in [6.07, 6.45) is 3.91. The third kappa shape index (κ3) is 7.03. The van der Waals surface area contributed by atoms with Crippen molar-refractivity contribution in [1.82, 2.24) is 15.5 Å². The first-order valence-corrected chi connectivity index (χ1v) is 10.3. The van der Waals surface area contributed by atoms with Crippen LogP contribution < -0.4 is 10.6 Å². The molecule has 0 radical (unpaired) electrons. The zero-order valence-electron chi connectivity index (χ0n) is 17.3. The van der Waals surface area contributed by atoms with Gasteiger partial charge >= 0.3 is 0 Å². The number of guanidine groups is 1. The molecule has 8 heteroatoms. The quantitative estimate of drug-likeness (QED) is 0.238. The fraction of sp³-hybridized carbons (Fsp3) is 0.667. The van der Waals surface area contributed by atoms with E-state index in [1.807, 2.05) is 6.92 Å². The Labute approximate surface area is 189 Å². The van der Waals surface area contributed by atoms with Crippen molar-refractivity contribution < 1.29 is 13.5 Å². The molecule has 1 aliphatic carbocycles. The molecule has 2 unspecified atom stereocenters. The highest BCUT2D eigenvalue weighted by Crippen LogP contribution is 2.43. The number of rotatable bonds is 8. The highest BCUT2D eigenvalue weighted by Gasteiger charge is 2.42. The maximum Gasteiger partial charge on any atom is 0.191 e. The lowest BCUT2D eigenvalue weighted by Gasteiger charge is -2.33. The van der Waals surface area contributed by atoms with E-state index in [2.05, 4.69) is 20.5 Å². The summed E-state index contributed by atoms with van der Waals surface area (Å²) in [7, 11) is 1.74. The average Bonchev–Trinajstić information content (AvgIpc) is 3.42.